The van der Waals surface area contributed by atoms with Crippen molar-refractivity contribution in [2.24, 2.45) is 0 Å². The van der Waals surface area contributed by atoms with Crippen molar-refractivity contribution in [1.82, 2.24) is 40.4 Å². The maximum atomic E-state index is 4.66. The average molecular weight is 509 g/mol. The van der Waals surface area contributed by atoms with Crippen molar-refractivity contribution in [3.63, 3.8) is 0 Å². The van der Waals surface area contributed by atoms with E-state index in [2.05, 4.69) is 82.9 Å². The molecule has 8 nitrogen and oxygen atoms in total. The van der Waals surface area contributed by atoms with Crippen LogP contribution in [0.2, 0.25) is 0 Å². The predicted molar refractivity (Wildman–Crippen MR) is 152 cm³/mol. The standard InChI is InChI=1S/C31H24N8/c1-2-5-20(6-3-1)12-33-13-21-9-23(16-34-14-21)24-10-26-30(38-39-31(26)36-17-24)28-11-25-27(18-35-19-29(25)37-28)22-7-4-8-32-15-22/h1-11,14-19,33,37H,12-13H2,(H,36,38,39). The van der Waals surface area contributed by atoms with E-state index < -0.39 is 0 Å². The minimum Gasteiger partial charge on any atom is -0.352 e. The molecule has 0 saturated heterocycles. The normalized spacial score (nSPS) is 11.4. The summed E-state index contributed by atoms with van der Waals surface area (Å²) in [6.45, 7) is 1.53. The van der Waals surface area contributed by atoms with Crippen LogP contribution in [-0.2, 0) is 13.1 Å². The van der Waals surface area contributed by atoms with Crippen molar-refractivity contribution in [2.45, 2.75) is 13.1 Å². The van der Waals surface area contributed by atoms with E-state index in [-0.39, 0.29) is 0 Å². The fourth-order valence-electron chi connectivity index (χ4n) is 4.89. The zero-order chi connectivity index (χ0) is 26.0. The van der Waals surface area contributed by atoms with Gasteiger partial charge in [0.05, 0.1) is 17.4 Å². The van der Waals surface area contributed by atoms with Crippen LogP contribution >= 0.6 is 0 Å². The van der Waals surface area contributed by atoms with Crippen molar-refractivity contribution in [3.8, 4) is 33.6 Å². The molecule has 1 aromatic carbocycles. The largest absolute Gasteiger partial charge is 0.352 e. The summed E-state index contributed by atoms with van der Waals surface area (Å²) >= 11 is 0. The SMILES string of the molecule is c1ccc(CNCc2cncc(-c3cnc4[nH]nc(-c5cc6c(-c7cccnc7)cncc6[nH]5)c4c3)c2)cc1. The lowest BCUT2D eigenvalue weighted by atomic mass is 10.0. The van der Waals surface area contributed by atoms with Crippen LogP contribution in [-0.4, -0.2) is 35.1 Å². The van der Waals surface area contributed by atoms with Gasteiger partial charge in [0.25, 0.3) is 0 Å². The van der Waals surface area contributed by atoms with Crippen molar-refractivity contribution in [3.05, 3.63) is 115 Å². The van der Waals surface area contributed by atoms with Crippen LogP contribution in [0.4, 0.5) is 0 Å². The number of aromatic nitrogens is 7. The van der Waals surface area contributed by atoms with Crippen LogP contribution in [0.3, 0.4) is 0 Å². The van der Waals surface area contributed by atoms with Gasteiger partial charge in [-0.05, 0) is 35.4 Å². The molecule has 0 unspecified atom stereocenters. The molecule has 3 N–H and O–H groups in total. The van der Waals surface area contributed by atoms with Crippen molar-refractivity contribution in [2.75, 3.05) is 0 Å². The van der Waals surface area contributed by atoms with Crippen LogP contribution in [0.15, 0.2) is 104 Å². The Hall–Kier alpha value is -5.21. The van der Waals surface area contributed by atoms with E-state index in [1.807, 2.05) is 55.4 Å². The number of benzene rings is 1. The molecular formula is C31H24N8. The molecule has 0 aliphatic rings. The first-order valence-electron chi connectivity index (χ1n) is 12.7. The first kappa shape index (κ1) is 22.9. The first-order chi connectivity index (χ1) is 19.3. The summed E-state index contributed by atoms with van der Waals surface area (Å²) < 4.78 is 0. The van der Waals surface area contributed by atoms with E-state index in [1.165, 1.54) is 5.56 Å². The minimum absolute atomic E-state index is 0.727. The molecule has 8 heteroatoms. The maximum Gasteiger partial charge on any atom is 0.155 e. The molecule has 0 fully saturated rings. The van der Waals surface area contributed by atoms with Gasteiger partial charge < -0.3 is 10.3 Å². The molecule has 0 aliphatic heterocycles. The Bertz CT molecular complexity index is 1890. The minimum atomic E-state index is 0.727. The van der Waals surface area contributed by atoms with Crippen molar-refractivity contribution < 1.29 is 0 Å². The second kappa shape index (κ2) is 9.92. The Labute approximate surface area is 224 Å². The fourth-order valence-corrected chi connectivity index (χ4v) is 4.89. The monoisotopic (exact) mass is 508 g/mol. The molecule has 0 bridgehead atoms. The predicted octanol–water partition coefficient (Wildman–Crippen LogP) is 5.92. The van der Waals surface area contributed by atoms with Crippen LogP contribution in [0, 0.1) is 0 Å². The number of pyridine rings is 4. The second-order valence-electron chi connectivity index (χ2n) is 9.44. The van der Waals surface area contributed by atoms with E-state index in [9.17, 15) is 0 Å². The zero-order valence-electron chi connectivity index (χ0n) is 21.0. The van der Waals surface area contributed by atoms with Gasteiger partial charge in [-0.15, -0.1) is 0 Å². The molecule has 0 aliphatic carbocycles. The molecule has 0 radical (unpaired) electrons. The number of aromatic amines is 2. The van der Waals surface area contributed by atoms with E-state index in [1.54, 1.807) is 6.20 Å². The van der Waals surface area contributed by atoms with Gasteiger partial charge in [-0.3, -0.25) is 20.1 Å². The number of nitrogens with zero attached hydrogens (tertiary/aromatic N) is 5. The molecule has 0 saturated carbocycles. The molecule has 7 aromatic rings. The van der Waals surface area contributed by atoms with E-state index in [4.69, 9.17) is 0 Å². The van der Waals surface area contributed by atoms with E-state index in [0.29, 0.717) is 0 Å². The summed E-state index contributed by atoms with van der Waals surface area (Å²) in [5.41, 5.74) is 9.76. The maximum absolute atomic E-state index is 4.66. The molecule has 0 atom stereocenters. The molecule has 7 rings (SSSR count). The molecule has 6 heterocycles. The molecular weight excluding hydrogens is 484 g/mol. The van der Waals surface area contributed by atoms with Gasteiger partial charge in [-0.25, -0.2) is 4.98 Å². The Morgan fingerprint density at radius 2 is 1.51 bits per heavy atom. The zero-order valence-corrected chi connectivity index (χ0v) is 21.0. The Morgan fingerprint density at radius 3 is 2.41 bits per heavy atom. The van der Waals surface area contributed by atoms with Gasteiger partial charge in [0, 0.05) is 83.3 Å². The van der Waals surface area contributed by atoms with Crippen molar-refractivity contribution in [1.29, 1.82) is 0 Å². The van der Waals surface area contributed by atoms with Gasteiger partial charge >= 0.3 is 0 Å². The summed E-state index contributed by atoms with van der Waals surface area (Å²) in [7, 11) is 0. The Balaban J connectivity index is 1.20. The van der Waals surface area contributed by atoms with Crippen LogP contribution in [0.5, 0.6) is 0 Å². The third-order valence-corrected chi connectivity index (χ3v) is 6.82. The lowest BCUT2D eigenvalue weighted by Gasteiger charge is -2.07. The number of fused-ring (bicyclic) bond motifs is 2. The molecule has 188 valence electrons. The van der Waals surface area contributed by atoms with Crippen LogP contribution in [0.1, 0.15) is 11.1 Å². The highest BCUT2D eigenvalue weighted by Crippen LogP contribution is 2.34. The van der Waals surface area contributed by atoms with E-state index in [0.717, 1.165) is 74.2 Å². The molecule has 39 heavy (non-hydrogen) atoms. The highest BCUT2D eigenvalue weighted by Gasteiger charge is 2.15. The summed E-state index contributed by atoms with van der Waals surface area (Å²) in [6.07, 6.45) is 13.0. The van der Waals surface area contributed by atoms with Gasteiger partial charge in [-0.1, -0.05) is 36.4 Å². The van der Waals surface area contributed by atoms with Gasteiger partial charge in [0.15, 0.2) is 5.65 Å². The van der Waals surface area contributed by atoms with Crippen molar-refractivity contribution >= 4 is 21.9 Å². The van der Waals surface area contributed by atoms with Crippen LogP contribution in [0.25, 0.3) is 55.6 Å². The smallest absolute Gasteiger partial charge is 0.155 e. The number of hydrogen-bond acceptors (Lipinski definition) is 6. The van der Waals surface area contributed by atoms with Gasteiger partial charge in [-0.2, -0.15) is 5.10 Å². The number of nitrogens with one attached hydrogen (secondary N) is 3. The Morgan fingerprint density at radius 1 is 0.667 bits per heavy atom. The molecule has 0 spiro atoms. The van der Waals surface area contributed by atoms with Gasteiger partial charge in [0.2, 0.25) is 0 Å². The highest BCUT2D eigenvalue weighted by molar-refractivity contribution is 6.00. The second-order valence-corrected chi connectivity index (χ2v) is 9.44. The third kappa shape index (κ3) is 4.54. The number of H-pyrrole nitrogens is 2. The lowest BCUT2D eigenvalue weighted by molar-refractivity contribution is 0.691. The lowest BCUT2D eigenvalue weighted by Crippen LogP contribution is -2.12. The summed E-state index contributed by atoms with van der Waals surface area (Å²) in [4.78, 5) is 21.3. The van der Waals surface area contributed by atoms with Gasteiger partial charge in [0.1, 0.15) is 5.69 Å². The third-order valence-electron chi connectivity index (χ3n) is 6.82. The van der Waals surface area contributed by atoms with Crippen LogP contribution < -0.4 is 5.32 Å². The highest BCUT2D eigenvalue weighted by atomic mass is 15.2. The fraction of sp³-hybridized carbons (Fsp3) is 0.0645. The molecule has 6 aromatic heterocycles. The molecule has 0 amide bonds. The summed E-state index contributed by atoms with van der Waals surface area (Å²) in [5, 5.41) is 13.2. The summed E-state index contributed by atoms with van der Waals surface area (Å²) in [6, 6.07) is 20.7. The Kier molecular flexibility index (Phi) is 5.84. The first-order valence-corrected chi connectivity index (χ1v) is 12.7. The van der Waals surface area contributed by atoms with E-state index >= 15 is 0 Å². The topological polar surface area (TPSA) is 108 Å². The average Bonchev–Trinajstić information content (AvgIpc) is 3.62. The number of rotatable bonds is 7. The summed E-state index contributed by atoms with van der Waals surface area (Å²) in [5.74, 6) is 0. The quantitative estimate of drug-likeness (QED) is 0.247. The number of hydrogen-bond donors (Lipinski definition) is 3.